The van der Waals surface area contributed by atoms with Gasteiger partial charge in [-0.1, -0.05) is 29.8 Å². The van der Waals surface area contributed by atoms with Crippen LogP contribution in [0.2, 0.25) is 0 Å². The van der Waals surface area contributed by atoms with Crippen molar-refractivity contribution < 1.29 is 4.74 Å². The largest absolute Gasteiger partial charge is 0.439 e. The van der Waals surface area contributed by atoms with Gasteiger partial charge in [-0.15, -0.1) is 0 Å². The van der Waals surface area contributed by atoms with E-state index >= 15 is 0 Å². The van der Waals surface area contributed by atoms with Gasteiger partial charge >= 0.3 is 0 Å². The normalized spacial score (nSPS) is 10.8. The molecule has 0 saturated heterocycles. The summed E-state index contributed by atoms with van der Waals surface area (Å²) in [5.74, 6) is 2.06. The van der Waals surface area contributed by atoms with Gasteiger partial charge in [0.1, 0.15) is 5.75 Å². The maximum atomic E-state index is 5.74. The van der Waals surface area contributed by atoms with Crippen LogP contribution in [0.1, 0.15) is 19.4 Å². The Bertz CT molecular complexity index is 540. The van der Waals surface area contributed by atoms with Crippen molar-refractivity contribution in [1.82, 2.24) is 10.3 Å². The number of halogens is 1. The molecule has 0 saturated carbocycles. The van der Waals surface area contributed by atoms with E-state index in [1.54, 1.807) is 6.20 Å². The molecule has 2 aromatic rings. The standard InChI is InChI=1S/C16H19BrN2O/c1-12(2)10-18-11-13-7-8-19-16(9-13)20-15-5-3-14(17)4-6-15/h3-9,12,18H,10-11H2,1-2H3. The summed E-state index contributed by atoms with van der Waals surface area (Å²) in [6.45, 7) is 6.23. The average molecular weight is 335 g/mol. The molecule has 1 heterocycles. The van der Waals surface area contributed by atoms with Crippen molar-refractivity contribution in [3.63, 3.8) is 0 Å². The summed E-state index contributed by atoms with van der Waals surface area (Å²) < 4.78 is 6.77. The molecule has 0 fully saturated rings. The molecule has 1 aromatic carbocycles. The van der Waals surface area contributed by atoms with Crippen molar-refractivity contribution >= 4 is 15.9 Å². The number of hydrogen-bond acceptors (Lipinski definition) is 3. The van der Waals surface area contributed by atoms with Crippen LogP contribution in [0.15, 0.2) is 47.1 Å². The first-order valence-electron chi connectivity index (χ1n) is 6.72. The number of rotatable bonds is 6. The second kappa shape index (κ2) is 7.41. The van der Waals surface area contributed by atoms with Crippen LogP contribution in [-0.2, 0) is 6.54 Å². The summed E-state index contributed by atoms with van der Waals surface area (Å²) in [6, 6.07) is 11.7. The van der Waals surface area contributed by atoms with E-state index in [-0.39, 0.29) is 0 Å². The second-order valence-corrected chi connectivity index (χ2v) is 6.00. The molecule has 1 aromatic heterocycles. The maximum absolute atomic E-state index is 5.74. The fourth-order valence-corrected chi connectivity index (χ4v) is 2.01. The molecule has 0 bridgehead atoms. The van der Waals surface area contributed by atoms with Crippen molar-refractivity contribution in [3.05, 3.63) is 52.6 Å². The van der Waals surface area contributed by atoms with Gasteiger partial charge in [0.05, 0.1) is 0 Å². The number of pyridine rings is 1. The Balaban J connectivity index is 1.96. The predicted molar refractivity (Wildman–Crippen MR) is 85.0 cm³/mol. The molecule has 1 N–H and O–H groups in total. The third kappa shape index (κ3) is 4.94. The van der Waals surface area contributed by atoms with Gasteiger partial charge in [-0.25, -0.2) is 4.98 Å². The lowest BCUT2D eigenvalue weighted by Crippen LogP contribution is -2.18. The Morgan fingerprint density at radius 1 is 1.20 bits per heavy atom. The number of nitrogens with one attached hydrogen (secondary N) is 1. The molecule has 4 heteroatoms. The topological polar surface area (TPSA) is 34.2 Å². The molecule has 0 aliphatic carbocycles. The van der Waals surface area contributed by atoms with Gasteiger partial charge in [0, 0.05) is 23.3 Å². The molecule has 0 unspecified atom stereocenters. The van der Waals surface area contributed by atoms with Crippen LogP contribution in [0.3, 0.4) is 0 Å². The minimum absolute atomic E-state index is 0.621. The van der Waals surface area contributed by atoms with E-state index in [0.717, 1.165) is 23.3 Å². The van der Waals surface area contributed by atoms with Gasteiger partial charge in [0.25, 0.3) is 0 Å². The molecule has 0 atom stereocenters. The highest BCUT2D eigenvalue weighted by molar-refractivity contribution is 9.10. The van der Waals surface area contributed by atoms with Crippen LogP contribution in [0.25, 0.3) is 0 Å². The lowest BCUT2D eigenvalue weighted by atomic mass is 10.2. The minimum atomic E-state index is 0.621. The van der Waals surface area contributed by atoms with E-state index in [4.69, 9.17) is 4.74 Å². The van der Waals surface area contributed by atoms with E-state index in [1.165, 1.54) is 5.56 Å². The van der Waals surface area contributed by atoms with Crippen molar-refractivity contribution in [3.8, 4) is 11.6 Å². The number of nitrogens with zero attached hydrogens (tertiary/aromatic N) is 1. The van der Waals surface area contributed by atoms with Crippen molar-refractivity contribution in [2.24, 2.45) is 5.92 Å². The van der Waals surface area contributed by atoms with Gasteiger partial charge in [-0.3, -0.25) is 0 Å². The van der Waals surface area contributed by atoms with Crippen LogP contribution in [0.4, 0.5) is 0 Å². The summed E-state index contributed by atoms with van der Waals surface area (Å²) in [5, 5.41) is 3.41. The average Bonchev–Trinajstić information content (AvgIpc) is 2.41. The molecule has 0 aliphatic rings. The zero-order valence-electron chi connectivity index (χ0n) is 11.8. The number of benzene rings is 1. The highest BCUT2D eigenvalue weighted by Gasteiger charge is 2.01. The fraction of sp³-hybridized carbons (Fsp3) is 0.312. The van der Waals surface area contributed by atoms with Crippen LogP contribution in [-0.4, -0.2) is 11.5 Å². The summed E-state index contributed by atoms with van der Waals surface area (Å²) >= 11 is 3.40. The molecular weight excluding hydrogens is 316 g/mol. The SMILES string of the molecule is CC(C)CNCc1ccnc(Oc2ccc(Br)cc2)c1. The first-order valence-corrected chi connectivity index (χ1v) is 7.52. The van der Waals surface area contributed by atoms with E-state index in [2.05, 4.69) is 40.1 Å². The highest BCUT2D eigenvalue weighted by Crippen LogP contribution is 2.22. The molecule has 0 radical (unpaired) electrons. The molecule has 0 spiro atoms. The number of ether oxygens (including phenoxy) is 1. The molecule has 3 nitrogen and oxygen atoms in total. The van der Waals surface area contributed by atoms with E-state index < -0.39 is 0 Å². The third-order valence-corrected chi connectivity index (χ3v) is 3.25. The molecule has 106 valence electrons. The van der Waals surface area contributed by atoms with Gasteiger partial charge in [-0.2, -0.15) is 0 Å². The Kier molecular flexibility index (Phi) is 5.56. The Labute approximate surface area is 128 Å². The fourth-order valence-electron chi connectivity index (χ4n) is 1.74. The Morgan fingerprint density at radius 3 is 2.65 bits per heavy atom. The van der Waals surface area contributed by atoms with Crippen LogP contribution >= 0.6 is 15.9 Å². The van der Waals surface area contributed by atoms with Crippen molar-refractivity contribution in [2.45, 2.75) is 20.4 Å². The first-order chi connectivity index (χ1) is 9.63. The van der Waals surface area contributed by atoms with Crippen LogP contribution in [0, 0.1) is 5.92 Å². The second-order valence-electron chi connectivity index (χ2n) is 5.08. The summed E-state index contributed by atoms with van der Waals surface area (Å²) in [7, 11) is 0. The lowest BCUT2D eigenvalue weighted by Gasteiger charge is -2.09. The van der Waals surface area contributed by atoms with Crippen molar-refractivity contribution in [2.75, 3.05) is 6.54 Å². The Morgan fingerprint density at radius 2 is 1.95 bits per heavy atom. The quantitative estimate of drug-likeness (QED) is 0.851. The predicted octanol–water partition coefficient (Wildman–Crippen LogP) is 4.38. The summed E-state index contributed by atoms with van der Waals surface area (Å²) in [6.07, 6.45) is 1.78. The summed E-state index contributed by atoms with van der Waals surface area (Å²) in [4.78, 5) is 4.24. The van der Waals surface area contributed by atoms with Crippen molar-refractivity contribution in [1.29, 1.82) is 0 Å². The third-order valence-electron chi connectivity index (χ3n) is 2.72. The molecule has 0 amide bonds. The monoisotopic (exact) mass is 334 g/mol. The summed E-state index contributed by atoms with van der Waals surface area (Å²) in [5.41, 5.74) is 1.17. The zero-order chi connectivity index (χ0) is 14.4. The smallest absolute Gasteiger partial charge is 0.219 e. The van der Waals surface area contributed by atoms with Gasteiger partial charge in [0.15, 0.2) is 0 Å². The van der Waals surface area contributed by atoms with Gasteiger partial charge < -0.3 is 10.1 Å². The number of hydrogen-bond donors (Lipinski definition) is 1. The molecular formula is C16H19BrN2O. The van der Waals surface area contributed by atoms with Gasteiger partial charge in [0.2, 0.25) is 5.88 Å². The van der Waals surface area contributed by atoms with Crippen LogP contribution < -0.4 is 10.1 Å². The minimum Gasteiger partial charge on any atom is -0.439 e. The maximum Gasteiger partial charge on any atom is 0.219 e. The molecule has 2 rings (SSSR count). The van der Waals surface area contributed by atoms with Crippen LogP contribution in [0.5, 0.6) is 11.6 Å². The molecule has 0 aliphatic heterocycles. The van der Waals surface area contributed by atoms with E-state index in [9.17, 15) is 0 Å². The lowest BCUT2D eigenvalue weighted by molar-refractivity contribution is 0.461. The van der Waals surface area contributed by atoms with E-state index in [0.29, 0.717) is 11.8 Å². The molecule has 20 heavy (non-hydrogen) atoms. The first kappa shape index (κ1) is 15.0. The zero-order valence-corrected chi connectivity index (χ0v) is 13.4. The number of aromatic nitrogens is 1. The van der Waals surface area contributed by atoms with E-state index in [1.807, 2.05) is 36.4 Å². The highest BCUT2D eigenvalue weighted by atomic mass is 79.9. The van der Waals surface area contributed by atoms with Gasteiger partial charge in [-0.05, 0) is 48.4 Å². The Hall–Kier alpha value is -1.39.